The summed E-state index contributed by atoms with van der Waals surface area (Å²) in [6.45, 7) is 8.10. The lowest BCUT2D eigenvalue weighted by molar-refractivity contribution is -0.161. The number of rotatable bonds is 6. The van der Waals surface area contributed by atoms with Crippen LogP contribution in [0, 0.1) is 0 Å². The van der Waals surface area contributed by atoms with Gasteiger partial charge in [0.05, 0.1) is 6.61 Å². The van der Waals surface area contributed by atoms with Crippen molar-refractivity contribution in [3.05, 3.63) is 12.2 Å². The van der Waals surface area contributed by atoms with Crippen molar-refractivity contribution in [2.45, 2.75) is 39.5 Å². The van der Waals surface area contributed by atoms with Gasteiger partial charge in [0.1, 0.15) is 6.10 Å². The SMILES string of the molecule is C=C(C)C(=O)OC(CC)C(F)C(=O)OCC. The van der Waals surface area contributed by atoms with E-state index in [4.69, 9.17) is 4.74 Å². The molecular formula is C11H17FO4. The van der Waals surface area contributed by atoms with Crippen LogP contribution in [0.2, 0.25) is 0 Å². The van der Waals surface area contributed by atoms with E-state index < -0.39 is 24.2 Å². The molecule has 0 N–H and O–H groups in total. The summed E-state index contributed by atoms with van der Waals surface area (Å²) < 4.78 is 22.8. The van der Waals surface area contributed by atoms with E-state index in [2.05, 4.69) is 11.3 Å². The van der Waals surface area contributed by atoms with E-state index in [1.54, 1.807) is 13.8 Å². The van der Waals surface area contributed by atoms with Crippen molar-refractivity contribution in [2.24, 2.45) is 0 Å². The minimum absolute atomic E-state index is 0.0874. The predicted molar refractivity (Wildman–Crippen MR) is 56.5 cm³/mol. The Morgan fingerprint density at radius 3 is 2.31 bits per heavy atom. The van der Waals surface area contributed by atoms with Crippen molar-refractivity contribution in [3.63, 3.8) is 0 Å². The zero-order chi connectivity index (χ0) is 12.7. The molecule has 0 aliphatic heterocycles. The average Bonchev–Trinajstić information content (AvgIpc) is 2.24. The molecule has 0 aromatic heterocycles. The van der Waals surface area contributed by atoms with Crippen LogP contribution >= 0.6 is 0 Å². The van der Waals surface area contributed by atoms with Gasteiger partial charge in [-0.2, -0.15) is 0 Å². The van der Waals surface area contributed by atoms with Crippen molar-refractivity contribution in [3.8, 4) is 0 Å². The summed E-state index contributed by atoms with van der Waals surface area (Å²) in [7, 11) is 0. The van der Waals surface area contributed by atoms with Gasteiger partial charge in [-0.25, -0.2) is 14.0 Å². The molecule has 16 heavy (non-hydrogen) atoms. The zero-order valence-electron chi connectivity index (χ0n) is 9.79. The highest BCUT2D eigenvalue weighted by atomic mass is 19.1. The van der Waals surface area contributed by atoms with Crippen molar-refractivity contribution in [2.75, 3.05) is 6.61 Å². The number of hydrogen-bond donors (Lipinski definition) is 0. The molecule has 0 aromatic rings. The molecule has 0 spiro atoms. The van der Waals surface area contributed by atoms with E-state index in [0.717, 1.165) is 0 Å². The van der Waals surface area contributed by atoms with Gasteiger partial charge in [0.2, 0.25) is 6.17 Å². The van der Waals surface area contributed by atoms with E-state index in [1.165, 1.54) is 6.92 Å². The van der Waals surface area contributed by atoms with Gasteiger partial charge in [-0.3, -0.25) is 0 Å². The third-order valence-corrected chi connectivity index (χ3v) is 1.85. The molecule has 0 rings (SSSR count). The molecule has 2 atom stereocenters. The van der Waals surface area contributed by atoms with Gasteiger partial charge < -0.3 is 9.47 Å². The maximum Gasteiger partial charge on any atom is 0.344 e. The summed E-state index contributed by atoms with van der Waals surface area (Å²) in [4.78, 5) is 22.2. The number of carbonyl (C=O) groups excluding carboxylic acids is 2. The molecule has 0 amide bonds. The lowest BCUT2D eigenvalue weighted by atomic mass is 10.1. The Morgan fingerprint density at radius 2 is 1.94 bits per heavy atom. The third kappa shape index (κ3) is 4.42. The van der Waals surface area contributed by atoms with Crippen LogP contribution in [-0.4, -0.2) is 30.8 Å². The maximum atomic E-state index is 13.5. The highest BCUT2D eigenvalue weighted by molar-refractivity contribution is 5.87. The summed E-state index contributed by atoms with van der Waals surface area (Å²) in [5, 5.41) is 0. The quantitative estimate of drug-likeness (QED) is 0.517. The van der Waals surface area contributed by atoms with Crippen LogP contribution in [0.25, 0.3) is 0 Å². The van der Waals surface area contributed by atoms with Gasteiger partial charge in [-0.05, 0) is 20.3 Å². The third-order valence-electron chi connectivity index (χ3n) is 1.85. The van der Waals surface area contributed by atoms with Gasteiger partial charge in [0.15, 0.2) is 0 Å². The van der Waals surface area contributed by atoms with Gasteiger partial charge in [-0.15, -0.1) is 0 Å². The molecule has 0 saturated carbocycles. The molecule has 0 aromatic carbocycles. The Hall–Kier alpha value is -1.39. The van der Waals surface area contributed by atoms with Crippen LogP contribution < -0.4 is 0 Å². The van der Waals surface area contributed by atoms with E-state index in [1.807, 2.05) is 0 Å². The summed E-state index contributed by atoms with van der Waals surface area (Å²) in [5.74, 6) is -1.72. The fraction of sp³-hybridized carbons (Fsp3) is 0.636. The second kappa shape index (κ2) is 6.98. The molecule has 0 fully saturated rings. The molecule has 0 bridgehead atoms. The maximum absolute atomic E-state index is 13.5. The van der Waals surface area contributed by atoms with E-state index in [9.17, 15) is 14.0 Å². The molecule has 92 valence electrons. The fourth-order valence-electron chi connectivity index (χ4n) is 0.962. The Kier molecular flexibility index (Phi) is 6.37. The van der Waals surface area contributed by atoms with Gasteiger partial charge in [-0.1, -0.05) is 13.5 Å². The smallest absolute Gasteiger partial charge is 0.344 e. The van der Waals surface area contributed by atoms with Crippen molar-refractivity contribution in [1.82, 2.24) is 0 Å². The summed E-state index contributed by atoms with van der Waals surface area (Å²) in [5.41, 5.74) is 0.162. The molecule has 2 unspecified atom stereocenters. The Balaban J connectivity index is 4.43. The zero-order valence-corrected chi connectivity index (χ0v) is 9.79. The number of carbonyl (C=O) groups is 2. The van der Waals surface area contributed by atoms with Crippen LogP contribution in [0.4, 0.5) is 4.39 Å². The number of halogens is 1. The molecule has 5 heteroatoms. The topological polar surface area (TPSA) is 52.6 Å². The molecule has 4 nitrogen and oxygen atoms in total. The van der Waals surface area contributed by atoms with Gasteiger partial charge in [0, 0.05) is 5.57 Å². The molecule has 0 heterocycles. The lowest BCUT2D eigenvalue weighted by Crippen LogP contribution is -2.35. The van der Waals surface area contributed by atoms with Crippen molar-refractivity contribution < 1.29 is 23.5 Å². The molecule has 0 aliphatic rings. The molecule has 0 aliphatic carbocycles. The first-order valence-corrected chi connectivity index (χ1v) is 5.11. The van der Waals surface area contributed by atoms with Crippen LogP contribution in [0.3, 0.4) is 0 Å². The Labute approximate surface area is 94.4 Å². The standard InChI is InChI=1S/C11H17FO4/c1-5-8(16-10(13)7(3)4)9(12)11(14)15-6-2/h8-9H,3,5-6H2,1-2,4H3. The number of esters is 2. The molecular weight excluding hydrogens is 215 g/mol. The minimum Gasteiger partial charge on any atom is -0.464 e. The second-order valence-corrected chi connectivity index (χ2v) is 3.29. The Morgan fingerprint density at radius 1 is 1.38 bits per heavy atom. The minimum atomic E-state index is -1.95. The van der Waals surface area contributed by atoms with Gasteiger partial charge in [0.25, 0.3) is 0 Å². The van der Waals surface area contributed by atoms with Crippen LogP contribution in [0.1, 0.15) is 27.2 Å². The summed E-state index contributed by atoms with van der Waals surface area (Å²) in [6.07, 6.45) is -2.88. The summed E-state index contributed by atoms with van der Waals surface area (Å²) in [6, 6.07) is 0. The molecule has 0 radical (unpaired) electrons. The number of hydrogen-bond acceptors (Lipinski definition) is 4. The van der Waals surface area contributed by atoms with E-state index >= 15 is 0 Å². The first-order valence-electron chi connectivity index (χ1n) is 5.11. The highest BCUT2D eigenvalue weighted by Crippen LogP contribution is 2.12. The first kappa shape index (κ1) is 14.6. The first-order chi connectivity index (χ1) is 7.43. The highest BCUT2D eigenvalue weighted by Gasteiger charge is 2.31. The lowest BCUT2D eigenvalue weighted by Gasteiger charge is -2.18. The van der Waals surface area contributed by atoms with Crippen molar-refractivity contribution >= 4 is 11.9 Å². The van der Waals surface area contributed by atoms with Crippen LogP contribution in [-0.2, 0) is 19.1 Å². The van der Waals surface area contributed by atoms with Crippen LogP contribution in [0.15, 0.2) is 12.2 Å². The van der Waals surface area contributed by atoms with Gasteiger partial charge >= 0.3 is 11.9 Å². The molecule has 0 saturated heterocycles. The second-order valence-electron chi connectivity index (χ2n) is 3.29. The number of alkyl halides is 1. The average molecular weight is 232 g/mol. The van der Waals surface area contributed by atoms with E-state index in [0.29, 0.717) is 0 Å². The van der Waals surface area contributed by atoms with Crippen molar-refractivity contribution in [1.29, 1.82) is 0 Å². The fourth-order valence-corrected chi connectivity index (χ4v) is 0.962. The monoisotopic (exact) mass is 232 g/mol. The Bertz CT molecular complexity index is 275. The summed E-state index contributed by atoms with van der Waals surface area (Å²) >= 11 is 0. The van der Waals surface area contributed by atoms with Crippen LogP contribution in [0.5, 0.6) is 0 Å². The normalized spacial score (nSPS) is 13.8. The number of ether oxygens (including phenoxy) is 2. The van der Waals surface area contributed by atoms with E-state index in [-0.39, 0.29) is 18.6 Å². The largest absolute Gasteiger partial charge is 0.464 e. The predicted octanol–water partition coefficient (Wildman–Crippen LogP) is 1.79.